The number of aromatic nitrogens is 2. The number of hydrogen-bond acceptors (Lipinski definition) is 3. The molecule has 27 heavy (non-hydrogen) atoms. The minimum absolute atomic E-state index is 0.0240. The smallest absolute Gasteiger partial charge is 0.367 e. The molecule has 0 spiro atoms. The van der Waals surface area contributed by atoms with Gasteiger partial charge in [0.1, 0.15) is 5.82 Å². The molecule has 8 heteroatoms. The van der Waals surface area contributed by atoms with E-state index in [1.54, 1.807) is 6.07 Å². The van der Waals surface area contributed by atoms with Crippen molar-refractivity contribution in [3.05, 3.63) is 41.1 Å². The lowest BCUT2D eigenvalue weighted by Gasteiger charge is -2.33. The summed E-state index contributed by atoms with van der Waals surface area (Å²) < 4.78 is 41.5. The van der Waals surface area contributed by atoms with Gasteiger partial charge in [0.2, 0.25) is 0 Å². The van der Waals surface area contributed by atoms with Crippen molar-refractivity contribution in [3.8, 4) is 0 Å². The first-order chi connectivity index (χ1) is 12.7. The predicted molar refractivity (Wildman–Crippen MR) is 95.9 cm³/mol. The Morgan fingerprint density at radius 3 is 2.70 bits per heavy atom. The molecule has 0 bridgehead atoms. The van der Waals surface area contributed by atoms with Crippen LogP contribution in [0.2, 0.25) is 0 Å². The van der Waals surface area contributed by atoms with Crippen LogP contribution in [-0.4, -0.2) is 27.9 Å². The third-order valence-corrected chi connectivity index (χ3v) is 5.50. The van der Waals surface area contributed by atoms with Crippen LogP contribution in [-0.2, 0) is 0 Å². The van der Waals surface area contributed by atoms with Crippen molar-refractivity contribution < 1.29 is 18.0 Å². The first-order valence-electron chi connectivity index (χ1n) is 9.04. The molecular weight excluding hydrogens is 357 g/mol. The van der Waals surface area contributed by atoms with Gasteiger partial charge in [-0.2, -0.15) is 18.3 Å². The summed E-state index contributed by atoms with van der Waals surface area (Å²) in [5.74, 6) is 0.00797. The second-order valence-electron chi connectivity index (χ2n) is 7.44. The number of amides is 1. The number of rotatable bonds is 3. The largest absolute Gasteiger partial charge is 0.410 e. The van der Waals surface area contributed by atoms with E-state index in [1.165, 1.54) is 6.07 Å². The Morgan fingerprint density at radius 2 is 2.04 bits per heavy atom. The van der Waals surface area contributed by atoms with Crippen molar-refractivity contribution in [2.45, 2.75) is 51.4 Å². The average Bonchev–Trinajstić information content (AvgIpc) is 3.36. The van der Waals surface area contributed by atoms with Crippen LogP contribution >= 0.6 is 0 Å². The third-order valence-electron chi connectivity index (χ3n) is 5.50. The van der Waals surface area contributed by atoms with Gasteiger partial charge in [0.15, 0.2) is 11.7 Å². The van der Waals surface area contributed by atoms with Crippen LogP contribution in [0.1, 0.15) is 46.9 Å². The number of anilines is 2. The predicted octanol–water partition coefficient (Wildman–Crippen LogP) is 4.45. The lowest BCUT2D eigenvalue weighted by molar-refractivity contribution is -0.174. The van der Waals surface area contributed by atoms with Gasteiger partial charge in [-0.3, -0.25) is 4.79 Å². The topological polar surface area (TPSA) is 59.0 Å². The van der Waals surface area contributed by atoms with Gasteiger partial charge in [-0.25, -0.2) is 4.68 Å². The van der Waals surface area contributed by atoms with Gasteiger partial charge in [-0.05, 0) is 56.2 Å². The van der Waals surface area contributed by atoms with Gasteiger partial charge in [-0.1, -0.05) is 12.1 Å². The van der Waals surface area contributed by atoms with Crippen LogP contribution in [0.4, 0.5) is 24.7 Å². The lowest BCUT2D eigenvalue weighted by Crippen LogP contribution is -2.40. The number of alkyl halides is 3. The summed E-state index contributed by atoms with van der Waals surface area (Å²) in [6, 6.07) is 4.98. The number of hydrogen-bond donors (Lipinski definition) is 2. The number of fused-ring (bicyclic) bond motifs is 1. The fraction of sp³-hybridized carbons (Fsp3) is 0.474. The van der Waals surface area contributed by atoms with Crippen molar-refractivity contribution >= 4 is 17.4 Å². The molecule has 0 saturated heterocycles. The molecule has 2 aromatic rings. The van der Waals surface area contributed by atoms with E-state index in [0.717, 1.165) is 28.7 Å². The molecular formula is C19H21F3N4O. The second kappa shape index (κ2) is 6.28. The van der Waals surface area contributed by atoms with Gasteiger partial charge in [0, 0.05) is 17.8 Å². The van der Waals surface area contributed by atoms with Crippen LogP contribution in [0, 0.1) is 19.8 Å². The molecule has 1 fully saturated rings. The molecule has 2 heterocycles. The molecule has 5 nitrogen and oxygen atoms in total. The first kappa shape index (κ1) is 17.9. The SMILES string of the molecule is Cc1cccc(NC(=O)c2cc3n(n2)[C@@H](C(F)(F)F)C[C@H](C2CC2)N3)c1C. The molecule has 2 atom stereocenters. The summed E-state index contributed by atoms with van der Waals surface area (Å²) >= 11 is 0. The van der Waals surface area contributed by atoms with Gasteiger partial charge in [0.05, 0.1) is 0 Å². The third kappa shape index (κ3) is 3.40. The highest BCUT2D eigenvalue weighted by Crippen LogP contribution is 2.45. The van der Waals surface area contributed by atoms with Crippen LogP contribution in [0.15, 0.2) is 24.3 Å². The summed E-state index contributed by atoms with van der Waals surface area (Å²) in [6.45, 7) is 3.81. The fourth-order valence-corrected chi connectivity index (χ4v) is 3.59. The zero-order chi connectivity index (χ0) is 19.3. The zero-order valence-corrected chi connectivity index (χ0v) is 15.1. The number of carbonyl (C=O) groups is 1. The summed E-state index contributed by atoms with van der Waals surface area (Å²) in [6.07, 6.45) is -2.58. The van der Waals surface area contributed by atoms with Crippen molar-refractivity contribution in [1.82, 2.24) is 9.78 Å². The number of halogens is 3. The maximum Gasteiger partial charge on any atom is 0.410 e. The number of nitrogens with zero attached hydrogens (tertiary/aromatic N) is 2. The Balaban J connectivity index is 1.62. The van der Waals surface area contributed by atoms with Crippen LogP contribution in [0.25, 0.3) is 0 Å². The zero-order valence-electron chi connectivity index (χ0n) is 15.1. The van der Waals surface area contributed by atoms with Gasteiger partial charge in [-0.15, -0.1) is 0 Å². The van der Waals surface area contributed by atoms with Crippen molar-refractivity contribution in [2.75, 3.05) is 10.6 Å². The molecule has 4 rings (SSSR count). The molecule has 1 aliphatic heterocycles. The Bertz CT molecular complexity index is 886. The van der Waals surface area contributed by atoms with Gasteiger partial charge < -0.3 is 10.6 Å². The molecule has 144 valence electrons. The van der Waals surface area contributed by atoms with Gasteiger partial charge >= 0.3 is 6.18 Å². The molecule has 2 aliphatic rings. The molecule has 1 aromatic heterocycles. The van der Waals surface area contributed by atoms with Crippen LogP contribution < -0.4 is 10.6 Å². The molecule has 1 aromatic carbocycles. The number of benzene rings is 1. The Labute approximate surface area is 154 Å². The van der Waals surface area contributed by atoms with E-state index in [1.807, 2.05) is 26.0 Å². The van der Waals surface area contributed by atoms with Crippen molar-refractivity contribution in [2.24, 2.45) is 5.92 Å². The Kier molecular flexibility index (Phi) is 4.16. The molecule has 1 amide bonds. The highest BCUT2D eigenvalue weighted by Gasteiger charge is 2.49. The lowest BCUT2D eigenvalue weighted by atomic mass is 10.0. The highest BCUT2D eigenvalue weighted by atomic mass is 19.4. The molecule has 0 unspecified atom stereocenters. The fourth-order valence-electron chi connectivity index (χ4n) is 3.59. The van der Waals surface area contributed by atoms with Gasteiger partial charge in [0.25, 0.3) is 5.91 Å². The minimum atomic E-state index is -4.41. The van der Waals surface area contributed by atoms with Crippen LogP contribution in [0.5, 0.6) is 0 Å². The summed E-state index contributed by atoms with van der Waals surface area (Å²) in [5.41, 5.74) is 2.53. The normalized spacial score (nSPS) is 22.1. The Morgan fingerprint density at radius 1 is 1.30 bits per heavy atom. The monoisotopic (exact) mass is 378 g/mol. The highest BCUT2D eigenvalue weighted by molar-refractivity contribution is 6.03. The minimum Gasteiger partial charge on any atom is -0.367 e. The van der Waals surface area contributed by atoms with E-state index in [4.69, 9.17) is 0 Å². The standard InChI is InChI=1S/C19H21F3N4O/c1-10-4-3-5-13(11(10)2)24-18(27)15-9-17-23-14(12-6-7-12)8-16(19(20,21)22)26(17)25-15/h3-5,9,12,14,16,23H,6-8H2,1-2H3,(H,24,27)/t14-,16-/m1/s1. The quantitative estimate of drug-likeness (QED) is 0.830. The Hall–Kier alpha value is -2.51. The molecule has 1 aliphatic carbocycles. The number of aryl methyl sites for hydroxylation is 1. The number of nitrogens with one attached hydrogen (secondary N) is 2. The van der Waals surface area contributed by atoms with E-state index >= 15 is 0 Å². The van der Waals surface area contributed by atoms with E-state index in [-0.39, 0.29) is 29.9 Å². The second-order valence-corrected chi connectivity index (χ2v) is 7.44. The summed E-state index contributed by atoms with van der Waals surface area (Å²) in [7, 11) is 0. The first-order valence-corrected chi connectivity index (χ1v) is 9.04. The summed E-state index contributed by atoms with van der Waals surface area (Å²) in [4.78, 5) is 12.6. The maximum atomic E-state index is 13.5. The van der Waals surface area contributed by atoms with E-state index in [0.29, 0.717) is 5.69 Å². The van der Waals surface area contributed by atoms with Crippen molar-refractivity contribution in [1.29, 1.82) is 0 Å². The maximum absolute atomic E-state index is 13.5. The number of carbonyl (C=O) groups excluding carboxylic acids is 1. The molecule has 2 N–H and O–H groups in total. The van der Waals surface area contributed by atoms with E-state index in [2.05, 4.69) is 15.7 Å². The van der Waals surface area contributed by atoms with E-state index < -0.39 is 18.1 Å². The summed E-state index contributed by atoms with van der Waals surface area (Å²) in [5, 5.41) is 9.88. The average molecular weight is 378 g/mol. The van der Waals surface area contributed by atoms with Crippen LogP contribution in [0.3, 0.4) is 0 Å². The van der Waals surface area contributed by atoms with Crippen molar-refractivity contribution in [3.63, 3.8) is 0 Å². The molecule has 0 radical (unpaired) electrons. The van der Waals surface area contributed by atoms with E-state index in [9.17, 15) is 18.0 Å². The molecule has 1 saturated carbocycles.